The largest absolute Gasteiger partial charge is 0.469 e. The molecule has 0 bridgehead atoms. The first-order valence-electron chi connectivity index (χ1n) is 27.8. The van der Waals surface area contributed by atoms with Crippen LogP contribution in [0.25, 0.3) is 11.0 Å². The van der Waals surface area contributed by atoms with Gasteiger partial charge in [0.05, 0.1) is 88.6 Å². The van der Waals surface area contributed by atoms with Crippen LogP contribution in [0, 0.1) is 23.5 Å². The van der Waals surface area contributed by atoms with E-state index in [0.29, 0.717) is 75.5 Å². The van der Waals surface area contributed by atoms with E-state index in [1.165, 1.54) is 65.5 Å². The monoisotopic (exact) mass is 1100 g/mol. The summed E-state index contributed by atoms with van der Waals surface area (Å²) in [5.41, 5.74) is 4.50. The summed E-state index contributed by atoms with van der Waals surface area (Å²) >= 11 is 0. The minimum Gasteiger partial charge on any atom is -0.469 e. The molecule has 4 aromatic rings. The Morgan fingerprint density at radius 3 is 2.06 bits per heavy atom. The molecule has 17 nitrogen and oxygen atoms in total. The molecule has 6 heterocycles. The molecule has 9 rings (SSSR count). The van der Waals surface area contributed by atoms with Crippen molar-refractivity contribution in [3.8, 4) is 0 Å². The van der Waals surface area contributed by atoms with Crippen molar-refractivity contribution in [2.24, 2.45) is 11.8 Å². The van der Waals surface area contributed by atoms with Crippen molar-refractivity contribution in [3.05, 3.63) is 88.7 Å². The molecule has 9 atom stereocenters. The molecule has 5 saturated heterocycles. The van der Waals surface area contributed by atoms with E-state index in [1.54, 1.807) is 30.8 Å². The van der Waals surface area contributed by atoms with Gasteiger partial charge in [0.25, 0.3) is 0 Å². The second kappa shape index (κ2) is 24.6. The van der Waals surface area contributed by atoms with Crippen LogP contribution in [0.5, 0.6) is 0 Å². The number of carbonyl (C=O) groups excluding carboxylic acids is 5. The molecule has 0 radical (unpaired) electrons. The Morgan fingerprint density at radius 2 is 1.42 bits per heavy atom. The number of methoxy groups -OCH3 is 5. The van der Waals surface area contributed by atoms with Crippen LogP contribution in [0.2, 0.25) is 24.2 Å². The van der Waals surface area contributed by atoms with Crippen LogP contribution in [0.15, 0.2) is 54.6 Å². The molecular weight excluding hydrogens is 1020 g/mol. The molecule has 5 fully saturated rings. The smallest absolute Gasteiger partial charge is 0.407 e. The third-order valence-electron chi connectivity index (χ3n) is 17.9. The summed E-state index contributed by atoms with van der Waals surface area (Å²) in [6.45, 7) is 5.92. The number of ether oxygens (including phenoxy) is 5. The second-order valence-corrected chi connectivity index (χ2v) is 27.4. The van der Waals surface area contributed by atoms with Crippen molar-refractivity contribution < 1.29 is 56.4 Å². The summed E-state index contributed by atoms with van der Waals surface area (Å²) in [5.74, 6) is -2.80. The van der Waals surface area contributed by atoms with Crippen LogP contribution in [0.4, 0.5) is 25.0 Å². The summed E-state index contributed by atoms with van der Waals surface area (Å²) in [6.07, 6.45) is 3.59. The van der Waals surface area contributed by atoms with Gasteiger partial charge in [-0.05, 0) is 99.0 Å². The maximum atomic E-state index is 16.8. The van der Waals surface area contributed by atoms with Crippen molar-refractivity contribution >= 4 is 60.1 Å². The number of halogens is 2. The number of fused-ring (bicyclic) bond motifs is 1. The molecule has 0 saturated carbocycles. The molecule has 5 aliphatic rings. The van der Waals surface area contributed by atoms with Gasteiger partial charge < -0.3 is 53.6 Å². The molecule has 5 aliphatic heterocycles. The zero-order chi connectivity index (χ0) is 55.4. The van der Waals surface area contributed by atoms with E-state index in [-0.39, 0.29) is 60.2 Å². The van der Waals surface area contributed by atoms with Gasteiger partial charge in [-0.2, -0.15) is 0 Å². The van der Waals surface area contributed by atoms with Crippen LogP contribution >= 0.6 is 0 Å². The number of imidazole rings is 1. The number of hydrogen-bond acceptors (Lipinski definition) is 13. The highest BCUT2D eigenvalue weighted by molar-refractivity contribution is 6.80. The van der Waals surface area contributed by atoms with Gasteiger partial charge in [-0.1, -0.05) is 55.3 Å². The number of carbonyl (C=O) groups is 5. The Labute approximate surface area is 457 Å². The standard InChI is InChI=1S/C58H77F2N7O10Si/c1-35(74-4)42(32-52(69)76-6)56(70)66-33-38(34-73-3)27-50(66)51(68)28-37-12-14-39(15-13-37)47-18-19-48(67(47)41-30-43(59)54(44(60)31-41)64-21-25-78(26-22-64)23-8-9-24-78)40-16-17-45-46(29-40)62-55(61-45)49-11-10-20-65(49)57(71)53(36(2)75-5)63-58(72)77-7/h12-17,29-31,35-36,38,42,47-50,53H,8-11,18-28,32-34H2,1-7H3,(H,61,62)(H,63,72)/t35-,36-,38+,42+,47-,48-,49+,50+,53+/m1/s1. The first-order valence-corrected chi connectivity index (χ1v) is 30.6. The number of likely N-dealkylation sites (tertiary alicyclic amines) is 2. The topological polar surface area (TPSA) is 185 Å². The molecule has 2 N–H and O–H groups in total. The summed E-state index contributed by atoms with van der Waals surface area (Å²) < 4.78 is 59.7. The number of Topliss-reactive ketones (excluding diaryl/α,β-unsaturated/α-hetero) is 1. The van der Waals surface area contributed by atoms with Crippen LogP contribution in [0.1, 0.15) is 106 Å². The van der Waals surface area contributed by atoms with Gasteiger partial charge in [0.15, 0.2) is 17.4 Å². The maximum absolute atomic E-state index is 16.8. The molecule has 0 aliphatic carbocycles. The molecule has 422 valence electrons. The van der Waals surface area contributed by atoms with E-state index in [2.05, 4.69) is 15.2 Å². The Balaban J connectivity index is 0.992. The zero-order valence-electron chi connectivity index (χ0n) is 46.2. The number of aromatic amines is 1. The average Bonchev–Trinajstić information content (AvgIpc) is 4.33. The predicted octanol–water partition coefficient (Wildman–Crippen LogP) is 8.60. The number of ketones is 1. The number of nitrogens with zero attached hydrogens (tertiary/aromatic N) is 5. The van der Waals surface area contributed by atoms with Crippen LogP contribution in [-0.4, -0.2) is 150 Å². The van der Waals surface area contributed by atoms with E-state index in [0.717, 1.165) is 40.7 Å². The highest BCUT2D eigenvalue weighted by Gasteiger charge is 2.45. The fourth-order valence-corrected chi connectivity index (χ4v) is 18.4. The lowest BCUT2D eigenvalue weighted by atomic mass is 9.95. The number of esters is 1. The Bertz CT molecular complexity index is 2780. The second-order valence-electron chi connectivity index (χ2n) is 22.4. The average molecular weight is 1100 g/mol. The van der Waals surface area contributed by atoms with Crippen LogP contribution in [-0.2, 0) is 49.3 Å². The quantitative estimate of drug-likeness (QED) is 0.0673. The van der Waals surface area contributed by atoms with E-state index in [4.69, 9.17) is 28.7 Å². The number of rotatable bonds is 19. The number of aromatic nitrogens is 2. The first-order chi connectivity index (χ1) is 37.6. The van der Waals surface area contributed by atoms with Crippen molar-refractivity contribution in [1.29, 1.82) is 0 Å². The SMILES string of the molecule is COC[C@H]1C[C@@H](C(=O)Cc2ccc([C@H]3CC[C@H](c4ccc5nc([C@@H]6CCCN6C(=O)[C@@H](NC(=O)OC)[C@@H](C)OC)[nH]c5c4)N3c3cc(F)c(N4CC[Si]5(CCCC5)CC4)c(F)c3)cc2)N(C(=O)[C@@H](CC(=O)OC)[C@@H](C)OC)C1. The Morgan fingerprint density at radius 1 is 0.756 bits per heavy atom. The van der Waals surface area contributed by atoms with E-state index < -0.39 is 62.0 Å². The van der Waals surface area contributed by atoms with Gasteiger partial charge in [0, 0.05) is 65.5 Å². The van der Waals surface area contributed by atoms with Gasteiger partial charge in [0.1, 0.15) is 17.6 Å². The highest BCUT2D eigenvalue weighted by Crippen LogP contribution is 2.49. The van der Waals surface area contributed by atoms with Crippen molar-refractivity contribution in [2.45, 2.75) is 138 Å². The number of H-pyrrole nitrogens is 1. The van der Waals surface area contributed by atoms with E-state index in [9.17, 15) is 24.0 Å². The molecule has 78 heavy (non-hydrogen) atoms. The third kappa shape index (κ3) is 11.8. The number of nitrogens with one attached hydrogen (secondary N) is 2. The molecular formula is C58H77F2N7O10Si. The maximum Gasteiger partial charge on any atom is 0.407 e. The minimum absolute atomic E-state index is 0.0418. The summed E-state index contributed by atoms with van der Waals surface area (Å²) in [4.78, 5) is 83.1. The summed E-state index contributed by atoms with van der Waals surface area (Å²) in [5, 5.41) is 2.64. The van der Waals surface area contributed by atoms with Gasteiger partial charge in [0.2, 0.25) is 11.8 Å². The molecule has 1 aromatic heterocycles. The van der Waals surface area contributed by atoms with Gasteiger partial charge in [-0.15, -0.1) is 0 Å². The van der Waals surface area contributed by atoms with E-state index in [1.807, 2.05) is 47.4 Å². The lowest BCUT2D eigenvalue weighted by Crippen LogP contribution is -2.54. The molecule has 3 amide bonds. The number of benzene rings is 3. The van der Waals surface area contributed by atoms with Crippen LogP contribution in [0.3, 0.4) is 0 Å². The van der Waals surface area contributed by atoms with Crippen molar-refractivity contribution in [3.63, 3.8) is 0 Å². The van der Waals surface area contributed by atoms with E-state index >= 15 is 8.78 Å². The fourth-order valence-electron chi connectivity index (χ4n) is 13.4. The molecule has 1 spiro atoms. The zero-order valence-corrected chi connectivity index (χ0v) is 47.2. The van der Waals surface area contributed by atoms with Crippen LogP contribution < -0.4 is 15.1 Å². The van der Waals surface area contributed by atoms with Gasteiger partial charge in [-0.3, -0.25) is 19.2 Å². The molecule has 3 aromatic carbocycles. The van der Waals surface area contributed by atoms with Crippen molar-refractivity contribution in [1.82, 2.24) is 25.1 Å². The molecule has 20 heteroatoms. The number of anilines is 2. The highest BCUT2D eigenvalue weighted by atomic mass is 28.3. The number of alkyl carbamates (subject to hydrolysis) is 1. The van der Waals surface area contributed by atoms with Gasteiger partial charge in [-0.25, -0.2) is 18.6 Å². The molecule has 0 unspecified atom stereocenters. The summed E-state index contributed by atoms with van der Waals surface area (Å²) in [7, 11) is 5.71. The predicted molar refractivity (Wildman–Crippen MR) is 293 cm³/mol. The normalized spacial score (nSPS) is 23.7. The minimum atomic E-state index is -1.35. The lowest BCUT2D eigenvalue weighted by molar-refractivity contribution is -0.152. The Kier molecular flexibility index (Phi) is 17.9. The van der Waals surface area contributed by atoms with Crippen molar-refractivity contribution in [2.75, 3.05) is 78.1 Å². The summed E-state index contributed by atoms with van der Waals surface area (Å²) in [6, 6.07) is 18.8. The number of amides is 3. The Hall–Kier alpha value is -5.96. The third-order valence-corrected chi connectivity index (χ3v) is 23.3. The fraction of sp³-hybridized carbons (Fsp3) is 0.586. The lowest BCUT2D eigenvalue weighted by Gasteiger charge is -2.39. The number of hydrogen-bond donors (Lipinski definition) is 2. The first kappa shape index (κ1) is 56.7. The van der Waals surface area contributed by atoms with Gasteiger partial charge >= 0.3 is 12.1 Å².